The zero-order valence-corrected chi connectivity index (χ0v) is 9.78. The summed E-state index contributed by atoms with van der Waals surface area (Å²) in [4.78, 5) is 15.0. The summed E-state index contributed by atoms with van der Waals surface area (Å²) in [5.41, 5.74) is 0.237. The number of halogens is 1. The Hall–Kier alpha value is -1.10. The number of aromatic nitrogens is 1. The molecule has 80 valence electrons. The number of aromatic carboxylic acids is 1. The van der Waals surface area contributed by atoms with Crippen LogP contribution >= 0.6 is 15.9 Å². The van der Waals surface area contributed by atoms with Crippen LogP contribution in [0.1, 0.15) is 23.7 Å². The van der Waals surface area contributed by atoms with Crippen molar-refractivity contribution in [2.75, 3.05) is 5.32 Å². The van der Waals surface area contributed by atoms with E-state index in [0.29, 0.717) is 22.3 Å². The van der Waals surface area contributed by atoms with Gasteiger partial charge in [0, 0.05) is 12.2 Å². The Labute approximate surface area is 95.8 Å². The Morgan fingerprint density at radius 2 is 2.40 bits per heavy atom. The topological polar surface area (TPSA) is 62.2 Å². The molecule has 1 aliphatic rings. The second-order valence-electron chi connectivity index (χ2n) is 3.82. The molecule has 15 heavy (non-hydrogen) atoms. The van der Waals surface area contributed by atoms with Crippen LogP contribution in [0, 0.1) is 5.92 Å². The molecule has 0 aliphatic heterocycles. The van der Waals surface area contributed by atoms with Crippen molar-refractivity contribution in [3.8, 4) is 0 Å². The van der Waals surface area contributed by atoms with Crippen LogP contribution in [0.25, 0.3) is 0 Å². The number of hydrogen-bond acceptors (Lipinski definition) is 3. The average Bonchev–Trinajstić information content (AvgIpc) is 2.85. The van der Waals surface area contributed by atoms with Gasteiger partial charge in [0.1, 0.15) is 5.82 Å². The highest BCUT2D eigenvalue weighted by atomic mass is 79.9. The molecule has 0 bridgehead atoms. The molecule has 0 radical (unpaired) electrons. The number of rotatable bonds is 3. The zero-order chi connectivity index (χ0) is 11.0. The molecule has 0 amide bonds. The lowest BCUT2D eigenvalue weighted by Gasteiger charge is -2.05. The molecular formula is C10H11BrN2O2. The molecule has 1 aliphatic carbocycles. The molecule has 2 rings (SSSR count). The molecule has 4 nitrogen and oxygen atoms in total. The number of anilines is 1. The number of carboxylic acid groups (broad SMARTS) is 1. The largest absolute Gasteiger partial charge is 0.478 e. The van der Waals surface area contributed by atoms with Gasteiger partial charge in [-0.15, -0.1) is 0 Å². The molecule has 0 spiro atoms. The minimum Gasteiger partial charge on any atom is -0.478 e. The number of carboxylic acids is 1. The van der Waals surface area contributed by atoms with Gasteiger partial charge in [-0.3, -0.25) is 0 Å². The third-order valence-electron chi connectivity index (χ3n) is 2.53. The van der Waals surface area contributed by atoms with Crippen LogP contribution in [0.3, 0.4) is 0 Å². The van der Waals surface area contributed by atoms with E-state index in [4.69, 9.17) is 5.11 Å². The molecule has 2 N–H and O–H groups in total. The van der Waals surface area contributed by atoms with Crippen molar-refractivity contribution in [2.45, 2.75) is 19.4 Å². The lowest BCUT2D eigenvalue weighted by molar-refractivity contribution is 0.0696. The standard InChI is InChI=1S/C10H11BrN2O2/c1-5-2-8(5)13-9-3-6(10(14)15)7(11)4-12-9/h3-5,8H,2H2,1H3,(H,12,13)(H,14,15). The second-order valence-corrected chi connectivity index (χ2v) is 4.67. The fourth-order valence-corrected chi connectivity index (χ4v) is 1.78. The summed E-state index contributed by atoms with van der Waals surface area (Å²) in [6.07, 6.45) is 2.64. The Morgan fingerprint density at radius 3 is 2.93 bits per heavy atom. The molecule has 2 atom stereocenters. The van der Waals surface area contributed by atoms with Gasteiger partial charge in [-0.2, -0.15) is 0 Å². The lowest BCUT2D eigenvalue weighted by atomic mass is 10.2. The van der Waals surface area contributed by atoms with Crippen LogP contribution in [0.15, 0.2) is 16.7 Å². The maximum Gasteiger partial charge on any atom is 0.337 e. The maximum atomic E-state index is 10.9. The van der Waals surface area contributed by atoms with Gasteiger partial charge in [0.2, 0.25) is 0 Å². The predicted octanol–water partition coefficient (Wildman–Crippen LogP) is 2.36. The molecule has 1 aromatic heterocycles. The third-order valence-corrected chi connectivity index (χ3v) is 3.16. The molecule has 2 unspecified atom stereocenters. The quantitative estimate of drug-likeness (QED) is 0.885. The summed E-state index contributed by atoms with van der Waals surface area (Å²) >= 11 is 3.15. The highest BCUT2D eigenvalue weighted by molar-refractivity contribution is 9.10. The van der Waals surface area contributed by atoms with Crippen molar-refractivity contribution in [1.82, 2.24) is 4.98 Å². The van der Waals surface area contributed by atoms with Gasteiger partial charge < -0.3 is 10.4 Å². The highest BCUT2D eigenvalue weighted by Gasteiger charge is 2.32. The number of hydrogen-bond donors (Lipinski definition) is 2. The summed E-state index contributed by atoms with van der Waals surface area (Å²) in [5.74, 6) is 0.338. The van der Waals surface area contributed by atoms with Crippen molar-refractivity contribution in [1.29, 1.82) is 0 Å². The lowest BCUT2D eigenvalue weighted by Crippen LogP contribution is -2.07. The molecule has 1 fully saturated rings. The van der Waals surface area contributed by atoms with Crippen molar-refractivity contribution in [3.63, 3.8) is 0 Å². The Bertz CT molecular complexity index is 408. The molecular weight excluding hydrogens is 260 g/mol. The minimum atomic E-state index is -0.948. The van der Waals surface area contributed by atoms with Crippen LogP contribution < -0.4 is 5.32 Å². The van der Waals surface area contributed by atoms with E-state index in [1.165, 1.54) is 6.20 Å². The fraction of sp³-hybridized carbons (Fsp3) is 0.400. The molecule has 1 saturated carbocycles. The van der Waals surface area contributed by atoms with Crippen LogP contribution in [-0.4, -0.2) is 22.1 Å². The number of nitrogens with zero attached hydrogens (tertiary/aromatic N) is 1. The molecule has 0 saturated heterocycles. The first-order valence-corrected chi connectivity index (χ1v) is 5.52. The van der Waals surface area contributed by atoms with Crippen LogP contribution in [0.2, 0.25) is 0 Å². The maximum absolute atomic E-state index is 10.9. The predicted molar refractivity (Wildman–Crippen MR) is 60.1 cm³/mol. The molecule has 1 heterocycles. The zero-order valence-electron chi connectivity index (χ0n) is 8.20. The summed E-state index contributed by atoms with van der Waals surface area (Å²) < 4.78 is 0.504. The van der Waals surface area contributed by atoms with Crippen LogP contribution in [0.5, 0.6) is 0 Å². The monoisotopic (exact) mass is 270 g/mol. The summed E-state index contributed by atoms with van der Waals surface area (Å²) in [6, 6.07) is 2.00. The number of nitrogens with one attached hydrogen (secondary N) is 1. The molecule has 5 heteroatoms. The SMILES string of the molecule is CC1CC1Nc1cc(C(=O)O)c(Br)cn1. The fourth-order valence-electron chi connectivity index (χ4n) is 1.39. The first kappa shape index (κ1) is 10.4. The number of pyridine rings is 1. The van der Waals surface area contributed by atoms with Gasteiger partial charge >= 0.3 is 5.97 Å². The van der Waals surface area contributed by atoms with Crippen molar-refractivity contribution in [2.24, 2.45) is 5.92 Å². The van der Waals surface area contributed by atoms with Gasteiger partial charge in [0.15, 0.2) is 0 Å². The Balaban J connectivity index is 2.18. The van der Waals surface area contributed by atoms with E-state index < -0.39 is 5.97 Å². The van der Waals surface area contributed by atoms with E-state index in [1.807, 2.05) is 0 Å². The smallest absolute Gasteiger partial charge is 0.337 e. The minimum absolute atomic E-state index is 0.237. The third kappa shape index (κ3) is 2.28. The normalized spacial score (nSPS) is 23.6. The van der Waals surface area contributed by atoms with Gasteiger partial charge in [-0.1, -0.05) is 6.92 Å². The van der Waals surface area contributed by atoms with Gasteiger partial charge in [-0.05, 0) is 34.3 Å². The Kier molecular flexibility index (Phi) is 2.65. The summed E-state index contributed by atoms with van der Waals surface area (Å²) in [6.45, 7) is 2.15. The van der Waals surface area contributed by atoms with E-state index in [2.05, 4.69) is 33.2 Å². The van der Waals surface area contributed by atoms with Crippen molar-refractivity contribution in [3.05, 3.63) is 22.3 Å². The first-order chi connectivity index (χ1) is 7.08. The van der Waals surface area contributed by atoms with Crippen molar-refractivity contribution >= 4 is 27.7 Å². The van der Waals surface area contributed by atoms with E-state index in [9.17, 15) is 4.79 Å². The van der Waals surface area contributed by atoms with Crippen LogP contribution in [-0.2, 0) is 0 Å². The summed E-state index contributed by atoms with van der Waals surface area (Å²) in [7, 11) is 0. The molecule has 1 aromatic rings. The van der Waals surface area contributed by atoms with E-state index in [1.54, 1.807) is 6.07 Å². The number of carbonyl (C=O) groups is 1. The first-order valence-electron chi connectivity index (χ1n) is 4.73. The van der Waals surface area contributed by atoms with E-state index >= 15 is 0 Å². The van der Waals surface area contributed by atoms with Crippen molar-refractivity contribution < 1.29 is 9.90 Å². The van der Waals surface area contributed by atoms with Gasteiger partial charge in [-0.25, -0.2) is 9.78 Å². The van der Waals surface area contributed by atoms with E-state index in [0.717, 1.165) is 6.42 Å². The average molecular weight is 271 g/mol. The van der Waals surface area contributed by atoms with Gasteiger partial charge in [0.05, 0.1) is 10.0 Å². The second kappa shape index (κ2) is 3.81. The highest BCUT2D eigenvalue weighted by Crippen LogP contribution is 2.32. The van der Waals surface area contributed by atoms with E-state index in [-0.39, 0.29) is 5.56 Å². The van der Waals surface area contributed by atoms with Gasteiger partial charge in [0.25, 0.3) is 0 Å². The van der Waals surface area contributed by atoms with Crippen LogP contribution in [0.4, 0.5) is 5.82 Å². The molecule has 0 aromatic carbocycles. The summed E-state index contributed by atoms with van der Waals surface area (Å²) in [5, 5.41) is 12.1. The Morgan fingerprint density at radius 1 is 1.73 bits per heavy atom.